The summed E-state index contributed by atoms with van der Waals surface area (Å²) in [5, 5.41) is 11.8. The van der Waals surface area contributed by atoms with Crippen LogP contribution in [0.25, 0.3) is 0 Å². The Kier molecular flexibility index (Phi) is 5.51. The monoisotopic (exact) mass is 264 g/mol. The number of nitrogens with one attached hydrogen (secondary N) is 1. The van der Waals surface area contributed by atoms with Crippen molar-refractivity contribution in [1.82, 2.24) is 0 Å². The van der Waals surface area contributed by atoms with Gasteiger partial charge in [0, 0.05) is 6.42 Å². The van der Waals surface area contributed by atoms with E-state index < -0.39 is 5.97 Å². The Morgan fingerprint density at radius 3 is 2.68 bits per heavy atom. The van der Waals surface area contributed by atoms with Gasteiger partial charge in [0.2, 0.25) is 5.91 Å². The first-order chi connectivity index (χ1) is 8.95. The first-order valence-electron chi connectivity index (χ1n) is 6.28. The number of carbonyl (C=O) groups is 2. The van der Waals surface area contributed by atoms with Gasteiger partial charge in [0.15, 0.2) is 0 Å². The zero-order valence-electron chi connectivity index (χ0n) is 11.3. The number of nitrogens with two attached hydrogens (primary N) is 1. The number of carbonyl (C=O) groups excluding carboxylic acids is 1. The highest BCUT2D eigenvalue weighted by atomic mass is 16.4. The molecule has 0 aliphatic rings. The van der Waals surface area contributed by atoms with E-state index in [2.05, 4.69) is 5.32 Å². The van der Waals surface area contributed by atoms with Crippen LogP contribution in [-0.4, -0.2) is 23.5 Å². The highest BCUT2D eigenvalue weighted by Crippen LogP contribution is 2.20. The molecule has 1 unspecified atom stereocenters. The van der Waals surface area contributed by atoms with E-state index >= 15 is 0 Å². The maximum absolute atomic E-state index is 11.8. The zero-order valence-corrected chi connectivity index (χ0v) is 11.3. The van der Waals surface area contributed by atoms with E-state index in [4.69, 9.17) is 10.8 Å². The molecule has 5 heteroatoms. The standard InChI is InChI=1S/C14H20N2O3/c1-9(8-15)6-7-12(17)16-11-5-3-4-10(2)13(11)14(18)19/h3-5,9H,6-8,15H2,1-2H3,(H,16,17)(H,18,19). The molecular weight excluding hydrogens is 244 g/mol. The van der Waals surface area contributed by atoms with Gasteiger partial charge in [0.25, 0.3) is 0 Å². The van der Waals surface area contributed by atoms with Gasteiger partial charge in [0.1, 0.15) is 0 Å². The quantitative estimate of drug-likeness (QED) is 0.732. The Bertz CT molecular complexity index is 472. The molecule has 0 fully saturated rings. The third kappa shape index (κ3) is 4.37. The van der Waals surface area contributed by atoms with Gasteiger partial charge in [-0.15, -0.1) is 0 Å². The van der Waals surface area contributed by atoms with Crippen LogP contribution in [0.15, 0.2) is 18.2 Å². The molecule has 0 aliphatic carbocycles. The van der Waals surface area contributed by atoms with Crippen molar-refractivity contribution < 1.29 is 14.7 Å². The first kappa shape index (κ1) is 15.2. The van der Waals surface area contributed by atoms with Gasteiger partial charge in [-0.25, -0.2) is 4.79 Å². The third-order valence-electron chi connectivity index (χ3n) is 3.03. The topological polar surface area (TPSA) is 92.4 Å². The SMILES string of the molecule is Cc1cccc(NC(=O)CCC(C)CN)c1C(=O)O. The van der Waals surface area contributed by atoms with E-state index in [1.54, 1.807) is 25.1 Å². The van der Waals surface area contributed by atoms with Crippen LogP contribution >= 0.6 is 0 Å². The average molecular weight is 264 g/mol. The minimum absolute atomic E-state index is 0.141. The van der Waals surface area contributed by atoms with Crippen molar-refractivity contribution in [2.24, 2.45) is 11.7 Å². The van der Waals surface area contributed by atoms with Gasteiger partial charge in [-0.2, -0.15) is 0 Å². The van der Waals surface area contributed by atoms with Crippen molar-refractivity contribution in [1.29, 1.82) is 0 Å². The van der Waals surface area contributed by atoms with Gasteiger partial charge >= 0.3 is 5.97 Å². The highest BCUT2D eigenvalue weighted by Gasteiger charge is 2.15. The second-order valence-corrected chi connectivity index (χ2v) is 4.73. The lowest BCUT2D eigenvalue weighted by Gasteiger charge is -2.12. The molecule has 0 saturated heterocycles. The Labute approximate surface area is 112 Å². The molecule has 0 saturated carbocycles. The fourth-order valence-corrected chi connectivity index (χ4v) is 1.76. The molecule has 104 valence electrons. The summed E-state index contributed by atoms with van der Waals surface area (Å²) in [6.45, 7) is 4.22. The Balaban J connectivity index is 2.74. The molecule has 0 spiro atoms. The summed E-state index contributed by atoms with van der Waals surface area (Å²) in [5.74, 6) is -0.945. The molecular formula is C14H20N2O3. The Morgan fingerprint density at radius 2 is 2.11 bits per heavy atom. The van der Waals surface area contributed by atoms with Gasteiger partial charge in [-0.3, -0.25) is 4.79 Å². The number of anilines is 1. The van der Waals surface area contributed by atoms with Gasteiger partial charge in [-0.1, -0.05) is 19.1 Å². The summed E-state index contributed by atoms with van der Waals surface area (Å²) in [7, 11) is 0. The van der Waals surface area contributed by atoms with Crippen LogP contribution in [0, 0.1) is 12.8 Å². The Hall–Kier alpha value is -1.88. The molecule has 0 heterocycles. The lowest BCUT2D eigenvalue weighted by molar-refractivity contribution is -0.116. The van der Waals surface area contributed by atoms with E-state index in [1.807, 2.05) is 6.92 Å². The van der Waals surface area contributed by atoms with Gasteiger partial charge < -0.3 is 16.2 Å². The molecule has 5 nitrogen and oxygen atoms in total. The number of carboxylic acid groups (broad SMARTS) is 1. The Morgan fingerprint density at radius 1 is 1.42 bits per heavy atom. The van der Waals surface area contributed by atoms with E-state index in [1.165, 1.54) is 0 Å². The first-order valence-corrected chi connectivity index (χ1v) is 6.28. The van der Waals surface area contributed by atoms with Crippen LogP contribution < -0.4 is 11.1 Å². The van der Waals surface area contributed by atoms with Crippen molar-refractivity contribution in [3.05, 3.63) is 29.3 Å². The highest BCUT2D eigenvalue weighted by molar-refractivity contribution is 6.01. The molecule has 0 aliphatic heterocycles. The molecule has 1 atom stereocenters. The fourth-order valence-electron chi connectivity index (χ4n) is 1.76. The van der Waals surface area contributed by atoms with Gasteiger partial charge in [-0.05, 0) is 37.4 Å². The second-order valence-electron chi connectivity index (χ2n) is 4.73. The lowest BCUT2D eigenvalue weighted by Crippen LogP contribution is -2.18. The van der Waals surface area contributed by atoms with Crippen LogP contribution in [-0.2, 0) is 4.79 Å². The van der Waals surface area contributed by atoms with Crippen molar-refractivity contribution in [3.8, 4) is 0 Å². The van der Waals surface area contributed by atoms with E-state index in [0.29, 0.717) is 30.6 Å². The number of aromatic carboxylic acids is 1. The summed E-state index contributed by atoms with van der Waals surface area (Å²) < 4.78 is 0. The summed E-state index contributed by atoms with van der Waals surface area (Å²) in [5.41, 5.74) is 6.60. The second kappa shape index (κ2) is 6.89. The number of hydrogen-bond acceptors (Lipinski definition) is 3. The molecule has 4 N–H and O–H groups in total. The van der Waals surface area contributed by atoms with Crippen LogP contribution in [0.1, 0.15) is 35.7 Å². The number of hydrogen-bond donors (Lipinski definition) is 3. The molecule has 1 amide bonds. The molecule has 0 radical (unpaired) electrons. The number of rotatable bonds is 6. The number of benzene rings is 1. The summed E-state index contributed by atoms with van der Waals surface area (Å²) in [4.78, 5) is 22.9. The zero-order chi connectivity index (χ0) is 14.4. The third-order valence-corrected chi connectivity index (χ3v) is 3.03. The predicted octanol–water partition coefficient (Wildman–Crippen LogP) is 2.01. The average Bonchev–Trinajstić information content (AvgIpc) is 2.35. The fraction of sp³-hybridized carbons (Fsp3) is 0.429. The van der Waals surface area contributed by atoms with Crippen LogP contribution in [0.4, 0.5) is 5.69 Å². The summed E-state index contributed by atoms with van der Waals surface area (Å²) in [6.07, 6.45) is 1.03. The van der Waals surface area contributed by atoms with Crippen molar-refractivity contribution in [2.75, 3.05) is 11.9 Å². The maximum atomic E-state index is 11.8. The normalized spacial score (nSPS) is 11.9. The van der Waals surface area contributed by atoms with E-state index in [-0.39, 0.29) is 17.4 Å². The van der Waals surface area contributed by atoms with Crippen LogP contribution in [0.5, 0.6) is 0 Å². The molecule has 1 rings (SSSR count). The molecule has 1 aromatic rings. The maximum Gasteiger partial charge on any atom is 0.338 e. The number of carboxylic acids is 1. The number of amides is 1. The van der Waals surface area contributed by atoms with E-state index in [9.17, 15) is 9.59 Å². The summed E-state index contributed by atoms with van der Waals surface area (Å²) in [6, 6.07) is 5.02. The molecule has 19 heavy (non-hydrogen) atoms. The van der Waals surface area contributed by atoms with Crippen LogP contribution in [0.3, 0.4) is 0 Å². The minimum atomic E-state index is -1.04. The van der Waals surface area contributed by atoms with Crippen molar-refractivity contribution in [2.45, 2.75) is 26.7 Å². The molecule has 1 aromatic carbocycles. The summed E-state index contributed by atoms with van der Waals surface area (Å²) >= 11 is 0. The van der Waals surface area contributed by atoms with E-state index in [0.717, 1.165) is 0 Å². The van der Waals surface area contributed by atoms with Crippen LogP contribution in [0.2, 0.25) is 0 Å². The lowest BCUT2D eigenvalue weighted by atomic mass is 10.0. The molecule has 0 aromatic heterocycles. The predicted molar refractivity (Wildman–Crippen MR) is 74.2 cm³/mol. The van der Waals surface area contributed by atoms with Gasteiger partial charge in [0.05, 0.1) is 11.3 Å². The van der Waals surface area contributed by atoms with Crippen molar-refractivity contribution in [3.63, 3.8) is 0 Å². The molecule has 0 bridgehead atoms. The smallest absolute Gasteiger partial charge is 0.338 e. The largest absolute Gasteiger partial charge is 0.478 e. The number of aryl methyl sites for hydroxylation is 1. The van der Waals surface area contributed by atoms with Crippen molar-refractivity contribution >= 4 is 17.6 Å². The minimum Gasteiger partial charge on any atom is -0.478 e.